The van der Waals surface area contributed by atoms with Crippen molar-refractivity contribution in [3.8, 4) is 16.9 Å². The molecule has 4 atom stereocenters. The van der Waals surface area contributed by atoms with Gasteiger partial charge in [0.2, 0.25) is 23.6 Å². The molecule has 0 saturated heterocycles. The summed E-state index contributed by atoms with van der Waals surface area (Å²) in [6.45, 7) is -0.332. The second kappa shape index (κ2) is 21.3. The van der Waals surface area contributed by atoms with E-state index in [1.165, 1.54) is 11.3 Å². The van der Waals surface area contributed by atoms with Crippen LogP contribution in [-0.2, 0) is 54.5 Å². The Bertz CT molecular complexity index is 2220. The minimum atomic E-state index is -1.20. The van der Waals surface area contributed by atoms with E-state index in [0.717, 1.165) is 27.1 Å². The number of carbonyl (C=O) groups excluding carboxylic acids is 5. The van der Waals surface area contributed by atoms with Gasteiger partial charge in [0.25, 0.3) is 5.91 Å². The summed E-state index contributed by atoms with van der Waals surface area (Å²) in [5.41, 5.74) is 4.09. The zero-order valence-corrected chi connectivity index (χ0v) is 33.6. The van der Waals surface area contributed by atoms with Crippen LogP contribution in [0.1, 0.15) is 34.4 Å². The third-order valence-corrected chi connectivity index (χ3v) is 10.8. The molecule has 7 rings (SSSR count). The zero-order valence-electron chi connectivity index (χ0n) is 32.8. The van der Waals surface area contributed by atoms with Gasteiger partial charge in [-0.3, -0.25) is 28.8 Å². The van der Waals surface area contributed by atoms with E-state index < -0.39 is 66.3 Å². The van der Waals surface area contributed by atoms with Crippen LogP contribution in [-0.4, -0.2) is 77.9 Å². The summed E-state index contributed by atoms with van der Waals surface area (Å²) in [6.07, 6.45) is 0.343. The predicted molar refractivity (Wildman–Crippen MR) is 227 cm³/mol. The molecule has 13 nitrogen and oxygen atoms in total. The van der Waals surface area contributed by atoms with Crippen LogP contribution in [0.2, 0.25) is 0 Å². The van der Waals surface area contributed by atoms with Gasteiger partial charge in [0.05, 0.1) is 0 Å². The maximum atomic E-state index is 14.5. The number of benzene rings is 4. The highest BCUT2D eigenvalue weighted by molar-refractivity contribution is 7.09. The molecule has 2 aliphatic heterocycles. The maximum absolute atomic E-state index is 14.5. The standard InChI is InChI=1S/C46H47N5O8S/c52-41-29-59-35-21-17-32(18-22-35)26-37(43(55)47-23-7-14-42(53)54)49-44(56)38(25-30-9-3-1-4-10-30)50-45(57)39(51-46(58)40(48-41)28-36-13-8-24-60-36)27-31-15-19-34(20-16-31)33-11-5-2-6-12-33/h1-6,8-13,15-22,24,37-40H,7,14,23,25-29H2,(H,47,55)(H,48,52)(H,49,56)(H,50,57)(H,51,58)(H,53,54)/t37-,38-,39+,40-/m0/s1. The van der Waals surface area contributed by atoms with Crippen molar-refractivity contribution in [2.75, 3.05) is 13.2 Å². The van der Waals surface area contributed by atoms with E-state index in [1.54, 1.807) is 24.3 Å². The van der Waals surface area contributed by atoms with Gasteiger partial charge < -0.3 is 36.4 Å². The van der Waals surface area contributed by atoms with E-state index in [9.17, 15) is 28.8 Å². The molecule has 0 fully saturated rings. The van der Waals surface area contributed by atoms with Gasteiger partial charge in [-0.1, -0.05) is 103 Å². The van der Waals surface area contributed by atoms with E-state index in [4.69, 9.17) is 9.84 Å². The summed E-state index contributed by atoms with van der Waals surface area (Å²) in [7, 11) is 0. The highest BCUT2D eigenvalue weighted by atomic mass is 32.1. The molecule has 0 spiro atoms. The number of thiophene rings is 1. The Balaban J connectivity index is 1.33. The number of nitrogens with one attached hydrogen (secondary N) is 5. The van der Waals surface area contributed by atoms with Crippen LogP contribution in [0.3, 0.4) is 0 Å². The number of rotatable bonds is 12. The van der Waals surface area contributed by atoms with Crippen LogP contribution in [0, 0.1) is 0 Å². The van der Waals surface area contributed by atoms with Crippen LogP contribution in [0.25, 0.3) is 11.1 Å². The van der Waals surface area contributed by atoms with Crippen molar-refractivity contribution in [1.29, 1.82) is 0 Å². The van der Waals surface area contributed by atoms with Gasteiger partial charge in [-0.15, -0.1) is 11.3 Å². The van der Waals surface area contributed by atoms with Crippen molar-refractivity contribution < 1.29 is 38.6 Å². The number of aliphatic carboxylic acids is 1. The van der Waals surface area contributed by atoms with Crippen LogP contribution < -0.4 is 31.3 Å². The maximum Gasteiger partial charge on any atom is 0.303 e. The summed E-state index contributed by atoms with van der Waals surface area (Å²) in [4.78, 5) is 81.9. The molecule has 0 radical (unpaired) electrons. The molecule has 60 heavy (non-hydrogen) atoms. The lowest BCUT2D eigenvalue weighted by atomic mass is 9.99. The van der Waals surface area contributed by atoms with Crippen LogP contribution in [0.15, 0.2) is 127 Å². The fourth-order valence-corrected chi connectivity index (χ4v) is 7.50. The Kier molecular flexibility index (Phi) is 15.2. The molecular formula is C46H47N5O8S. The number of carboxylic acid groups (broad SMARTS) is 1. The van der Waals surface area contributed by atoms with Crippen LogP contribution >= 0.6 is 11.3 Å². The van der Waals surface area contributed by atoms with Crippen molar-refractivity contribution in [2.24, 2.45) is 0 Å². The third kappa shape index (κ3) is 12.9. The van der Waals surface area contributed by atoms with Crippen molar-refractivity contribution >= 4 is 46.8 Å². The molecule has 2 bridgehead atoms. The van der Waals surface area contributed by atoms with E-state index in [1.807, 2.05) is 102 Å². The molecule has 5 aromatic rings. The number of amides is 5. The van der Waals surface area contributed by atoms with E-state index in [2.05, 4.69) is 26.6 Å². The molecule has 2 aliphatic rings. The smallest absolute Gasteiger partial charge is 0.303 e. The van der Waals surface area contributed by atoms with Gasteiger partial charge in [0.15, 0.2) is 6.61 Å². The number of ether oxygens (including phenoxy) is 1. The number of hydrogen-bond donors (Lipinski definition) is 6. The Morgan fingerprint density at radius 3 is 1.85 bits per heavy atom. The van der Waals surface area contributed by atoms with Gasteiger partial charge >= 0.3 is 5.97 Å². The normalized spacial score (nSPS) is 18.9. The van der Waals surface area contributed by atoms with Crippen LogP contribution in [0.5, 0.6) is 5.75 Å². The van der Waals surface area contributed by atoms with Gasteiger partial charge in [-0.25, -0.2) is 0 Å². The Hall–Kier alpha value is -6.80. The van der Waals surface area contributed by atoms with Crippen molar-refractivity contribution in [3.05, 3.63) is 148 Å². The van der Waals surface area contributed by atoms with Crippen molar-refractivity contribution in [1.82, 2.24) is 26.6 Å². The van der Waals surface area contributed by atoms with Gasteiger partial charge in [0, 0.05) is 43.5 Å². The molecule has 14 heteroatoms. The quantitative estimate of drug-likeness (QED) is 0.0804. The highest BCUT2D eigenvalue weighted by Crippen LogP contribution is 2.21. The third-order valence-electron chi connectivity index (χ3n) is 9.92. The monoisotopic (exact) mass is 829 g/mol. The Morgan fingerprint density at radius 1 is 0.650 bits per heavy atom. The Labute approximate surface area is 351 Å². The fourth-order valence-electron chi connectivity index (χ4n) is 6.75. The van der Waals surface area contributed by atoms with E-state index in [0.29, 0.717) is 11.3 Å². The molecule has 0 saturated carbocycles. The lowest BCUT2D eigenvalue weighted by Crippen LogP contribution is -2.59. The molecule has 310 valence electrons. The first-order chi connectivity index (χ1) is 29.1. The van der Waals surface area contributed by atoms with E-state index in [-0.39, 0.29) is 45.1 Å². The highest BCUT2D eigenvalue weighted by Gasteiger charge is 2.32. The van der Waals surface area contributed by atoms with Crippen molar-refractivity contribution in [2.45, 2.75) is 62.7 Å². The molecule has 0 unspecified atom stereocenters. The number of carbonyl (C=O) groups is 6. The Morgan fingerprint density at radius 2 is 1.23 bits per heavy atom. The molecule has 3 heterocycles. The van der Waals surface area contributed by atoms with Crippen LogP contribution in [0.4, 0.5) is 0 Å². The number of hydrogen-bond acceptors (Lipinski definition) is 8. The van der Waals surface area contributed by atoms with E-state index >= 15 is 0 Å². The topological polar surface area (TPSA) is 192 Å². The predicted octanol–water partition coefficient (Wildman–Crippen LogP) is 4.00. The lowest BCUT2D eigenvalue weighted by Gasteiger charge is -2.27. The van der Waals surface area contributed by atoms with Gasteiger partial charge in [-0.2, -0.15) is 0 Å². The molecule has 0 aliphatic carbocycles. The minimum absolute atomic E-state index is 0.0461. The largest absolute Gasteiger partial charge is 0.484 e. The molecule has 4 aromatic carbocycles. The van der Waals surface area contributed by atoms with Gasteiger partial charge in [0.1, 0.15) is 29.9 Å². The van der Waals surface area contributed by atoms with Gasteiger partial charge in [-0.05, 0) is 57.8 Å². The summed E-state index contributed by atoms with van der Waals surface area (Å²) in [6, 6.07) is 32.3. The summed E-state index contributed by atoms with van der Waals surface area (Å²) >= 11 is 1.43. The summed E-state index contributed by atoms with van der Waals surface area (Å²) < 4.78 is 5.76. The second-order valence-corrected chi connectivity index (χ2v) is 15.5. The average Bonchev–Trinajstić information content (AvgIpc) is 3.77. The zero-order chi connectivity index (χ0) is 42.3. The first kappa shape index (κ1) is 42.8. The molecular weight excluding hydrogens is 783 g/mol. The first-order valence-corrected chi connectivity index (χ1v) is 20.6. The fraction of sp³-hybridized carbons (Fsp3) is 0.261. The average molecular weight is 830 g/mol. The number of fused-ring (bicyclic) bond motifs is 16. The summed E-state index contributed by atoms with van der Waals surface area (Å²) in [5, 5.41) is 25.1. The summed E-state index contributed by atoms with van der Waals surface area (Å²) in [5.74, 6) is -3.63. The minimum Gasteiger partial charge on any atom is -0.484 e. The van der Waals surface area contributed by atoms with Crippen molar-refractivity contribution in [3.63, 3.8) is 0 Å². The SMILES string of the molecule is O=C(O)CCCNC(=O)[C@@H]1Cc2ccc(cc2)OCC(=O)N[C@@H](Cc2cccs2)C(=O)N[C@H](Cc2ccc(-c3ccccc3)cc2)C(=O)N[C@@H](Cc2ccccc2)C(=O)N1. The molecule has 1 aromatic heterocycles. The lowest BCUT2D eigenvalue weighted by molar-refractivity contribution is -0.137. The second-order valence-electron chi connectivity index (χ2n) is 14.5. The molecule has 6 N–H and O–H groups in total. The number of carboxylic acids is 1. The first-order valence-electron chi connectivity index (χ1n) is 19.7. The molecule has 5 amide bonds.